The predicted octanol–water partition coefficient (Wildman–Crippen LogP) is 0.360. The number of hydrogen-bond acceptors (Lipinski definition) is 7. The number of amides is 1. The van der Waals surface area contributed by atoms with Crippen LogP contribution in [0.15, 0.2) is 0 Å². The lowest BCUT2D eigenvalue weighted by atomic mass is 10.2. The molecule has 2 aliphatic rings. The molecule has 8 heteroatoms. The third-order valence-electron chi connectivity index (χ3n) is 4.03. The summed E-state index contributed by atoms with van der Waals surface area (Å²) in [6, 6.07) is 0.576. The van der Waals surface area contributed by atoms with Crippen LogP contribution in [0, 0.1) is 0 Å². The molecule has 1 aromatic heterocycles. The molecular weight excluding hydrogens is 290 g/mol. The maximum Gasteiger partial charge on any atom is 0.265 e. The highest BCUT2D eigenvalue weighted by Gasteiger charge is 2.32. The van der Waals surface area contributed by atoms with Crippen LogP contribution in [0.1, 0.15) is 22.5 Å². The fraction of sp³-hybridized carbons (Fsp3) is 0.692. The van der Waals surface area contributed by atoms with Crippen molar-refractivity contribution >= 4 is 28.2 Å². The van der Waals surface area contributed by atoms with Crippen LogP contribution in [-0.4, -0.2) is 61.2 Å². The largest absolute Gasteiger partial charge is 0.382 e. The number of nitrogens with two attached hydrogens (primary N) is 1. The van der Waals surface area contributed by atoms with Gasteiger partial charge in [-0.1, -0.05) is 11.3 Å². The van der Waals surface area contributed by atoms with E-state index in [1.807, 2.05) is 0 Å². The minimum absolute atomic E-state index is 0.0567. The molecular formula is C13H21N5O2S. The second-order valence-electron chi connectivity index (χ2n) is 5.44. The first-order valence-electron chi connectivity index (χ1n) is 7.25. The molecule has 7 nitrogen and oxygen atoms in total. The van der Waals surface area contributed by atoms with E-state index < -0.39 is 0 Å². The van der Waals surface area contributed by atoms with Gasteiger partial charge in [0.05, 0.1) is 12.7 Å². The monoisotopic (exact) mass is 311 g/mol. The van der Waals surface area contributed by atoms with Crippen molar-refractivity contribution < 1.29 is 9.53 Å². The zero-order chi connectivity index (χ0) is 14.8. The van der Waals surface area contributed by atoms with Crippen molar-refractivity contribution in [3.63, 3.8) is 0 Å². The van der Waals surface area contributed by atoms with Crippen LogP contribution in [0.2, 0.25) is 0 Å². The van der Waals surface area contributed by atoms with Gasteiger partial charge in [0.15, 0.2) is 5.13 Å². The first-order chi connectivity index (χ1) is 10.2. The summed E-state index contributed by atoms with van der Waals surface area (Å²) < 4.78 is 5.82. The number of hydrogen-bond donors (Lipinski definition) is 3. The summed E-state index contributed by atoms with van der Waals surface area (Å²) in [6.45, 7) is 3.32. The molecule has 1 aromatic rings. The number of thiazole rings is 1. The minimum Gasteiger partial charge on any atom is -0.382 e. The maximum absolute atomic E-state index is 12.1. The Kier molecular flexibility index (Phi) is 4.27. The van der Waals surface area contributed by atoms with E-state index in [1.54, 1.807) is 7.05 Å². The number of ether oxygens (including phenoxy) is 1. The quantitative estimate of drug-likeness (QED) is 0.743. The van der Waals surface area contributed by atoms with Crippen molar-refractivity contribution in [2.75, 3.05) is 44.3 Å². The van der Waals surface area contributed by atoms with Crippen molar-refractivity contribution in [2.24, 2.45) is 0 Å². The Morgan fingerprint density at radius 3 is 3.24 bits per heavy atom. The van der Waals surface area contributed by atoms with Gasteiger partial charge >= 0.3 is 0 Å². The second-order valence-corrected chi connectivity index (χ2v) is 6.44. The van der Waals surface area contributed by atoms with Crippen LogP contribution in [0.25, 0.3) is 0 Å². The standard InChI is InChI=1S/C13H21N5O2S/c1-15-13-17-11(14)10(21-13)12(19)16-5-9-6-18-4-2-3-8(18)7-20-9/h8-9H,2-7,14H2,1H3,(H,15,17)(H,16,19). The van der Waals surface area contributed by atoms with Gasteiger partial charge in [-0.3, -0.25) is 9.69 Å². The van der Waals surface area contributed by atoms with E-state index in [1.165, 1.54) is 24.2 Å². The maximum atomic E-state index is 12.1. The first-order valence-corrected chi connectivity index (χ1v) is 8.07. The number of aromatic nitrogens is 1. The summed E-state index contributed by atoms with van der Waals surface area (Å²) in [5.74, 6) is 0.0877. The molecule has 1 amide bonds. The van der Waals surface area contributed by atoms with Gasteiger partial charge in [-0.15, -0.1) is 0 Å². The summed E-state index contributed by atoms with van der Waals surface area (Å²) in [4.78, 5) is 19.1. The molecule has 3 heterocycles. The van der Waals surface area contributed by atoms with Gasteiger partial charge in [-0.2, -0.15) is 0 Å². The van der Waals surface area contributed by atoms with Crippen LogP contribution >= 0.6 is 11.3 Å². The average molecular weight is 311 g/mol. The normalized spacial score (nSPS) is 25.6. The van der Waals surface area contributed by atoms with Gasteiger partial charge < -0.3 is 21.1 Å². The SMILES string of the molecule is CNc1nc(N)c(C(=O)NCC2CN3CCCC3CO2)s1. The van der Waals surface area contributed by atoms with Crippen molar-refractivity contribution in [2.45, 2.75) is 25.0 Å². The molecule has 116 valence electrons. The topological polar surface area (TPSA) is 92.5 Å². The number of fused-ring (bicyclic) bond motifs is 1. The Balaban J connectivity index is 1.52. The van der Waals surface area contributed by atoms with Crippen LogP contribution in [0.5, 0.6) is 0 Å². The van der Waals surface area contributed by atoms with E-state index in [0.717, 1.165) is 19.7 Å². The molecule has 21 heavy (non-hydrogen) atoms. The van der Waals surface area contributed by atoms with Crippen molar-refractivity contribution in [3.05, 3.63) is 4.88 Å². The first kappa shape index (κ1) is 14.6. The zero-order valence-electron chi connectivity index (χ0n) is 12.1. The van der Waals surface area contributed by atoms with Gasteiger partial charge in [0, 0.05) is 26.2 Å². The lowest BCUT2D eigenvalue weighted by Gasteiger charge is -2.35. The van der Waals surface area contributed by atoms with Crippen molar-refractivity contribution in [3.8, 4) is 0 Å². The molecule has 2 fully saturated rings. The van der Waals surface area contributed by atoms with Crippen LogP contribution in [0.4, 0.5) is 10.9 Å². The summed E-state index contributed by atoms with van der Waals surface area (Å²) >= 11 is 1.26. The molecule has 2 aliphatic heterocycles. The second kappa shape index (κ2) is 6.17. The van der Waals surface area contributed by atoms with Gasteiger partial charge in [-0.05, 0) is 19.4 Å². The number of carbonyl (C=O) groups excluding carboxylic acids is 1. The molecule has 2 unspecified atom stereocenters. The Morgan fingerprint density at radius 2 is 2.48 bits per heavy atom. The highest BCUT2D eigenvalue weighted by Crippen LogP contribution is 2.25. The molecule has 0 bridgehead atoms. The third kappa shape index (κ3) is 3.12. The van der Waals surface area contributed by atoms with E-state index in [-0.39, 0.29) is 17.8 Å². The Labute approximate surface area is 127 Å². The van der Waals surface area contributed by atoms with E-state index in [0.29, 0.717) is 22.6 Å². The van der Waals surface area contributed by atoms with E-state index in [9.17, 15) is 4.79 Å². The number of morpholine rings is 1. The molecule has 0 aromatic carbocycles. The lowest BCUT2D eigenvalue weighted by molar-refractivity contribution is -0.0461. The molecule has 0 spiro atoms. The minimum atomic E-state index is -0.182. The van der Waals surface area contributed by atoms with Gasteiger partial charge in [0.25, 0.3) is 5.91 Å². The molecule has 2 atom stereocenters. The summed E-state index contributed by atoms with van der Waals surface area (Å²) in [6.07, 6.45) is 2.53. The lowest BCUT2D eigenvalue weighted by Crippen LogP contribution is -2.50. The van der Waals surface area contributed by atoms with E-state index in [4.69, 9.17) is 10.5 Å². The molecule has 4 N–H and O–H groups in total. The molecule has 3 rings (SSSR count). The average Bonchev–Trinajstić information content (AvgIpc) is 3.10. The number of carbonyl (C=O) groups is 1. The third-order valence-corrected chi connectivity index (χ3v) is 5.11. The summed E-state index contributed by atoms with van der Waals surface area (Å²) in [7, 11) is 1.75. The highest BCUT2D eigenvalue weighted by molar-refractivity contribution is 7.18. The van der Waals surface area contributed by atoms with E-state index in [2.05, 4.69) is 20.5 Å². The van der Waals surface area contributed by atoms with Gasteiger partial charge in [-0.25, -0.2) is 4.98 Å². The Bertz CT molecular complexity index is 521. The smallest absolute Gasteiger partial charge is 0.265 e. The molecule has 0 aliphatic carbocycles. The molecule has 0 radical (unpaired) electrons. The Hall–Kier alpha value is -1.38. The highest BCUT2D eigenvalue weighted by atomic mass is 32.1. The number of nitrogens with one attached hydrogen (secondary N) is 2. The predicted molar refractivity (Wildman–Crippen MR) is 82.7 cm³/mol. The van der Waals surface area contributed by atoms with Crippen LogP contribution < -0.4 is 16.4 Å². The van der Waals surface area contributed by atoms with Gasteiger partial charge in [0.1, 0.15) is 10.7 Å². The number of anilines is 2. The fourth-order valence-electron chi connectivity index (χ4n) is 2.90. The number of nitrogen functional groups attached to an aromatic ring is 1. The van der Waals surface area contributed by atoms with Crippen LogP contribution in [-0.2, 0) is 4.74 Å². The summed E-state index contributed by atoms with van der Waals surface area (Å²) in [5, 5.41) is 6.43. The summed E-state index contributed by atoms with van der Waals surface area (Å²) in [5.41, 5.74) is 5.76. The number of rotatable bonds is 4. The molecule has 2 saturated heterocycles. The van der Waals surface area contributed by atoms with E-state index >= 15 is 0 Å². The van der Waals surface area contributed by atoms with Crippen molar-refractivity contribution in [1.29, 1.82) is 0 Å². The van der Waals surface area contributed by atoms with Gasteiger partial charge in [0.2, 0.25) is 0 Å². The van der Waals surface area contributed by atoms with Crippen LogP contribution in [0.3, 0.4) is 0 Å². The fourth-order valence-corrected chi connectivity index (χ4v) is 3.65. The molecule has 0 saturated carbocycles. The Morgan fingerprint density at radius 1 is 1.62 bits per heavy atom. The van der Waals surface area contributed by atoms with Crippen molar-refractivity contribution in [1.82, 2.24) is 15.2 Å². The number of nitrogens with zero attached hydrogens (tertiary/aromatic N) is 2. The zero-order valence-corrected chi connectivity index (χ0v) is 12.9.